The molecule has 0 spiro atoms. The van der Waals surface area contributed by atoms with E-state index in [9.17, 15) is 50.3 Å². The molecule has 2 fully saturated rings. The molecule has 2 saturated heterocycles. The van der Waals surface area contributed by atoms with E-state index in [1.165, 1.54) is 12.1 Å². The molecule has 9 rings (SSSR count). The lowest BCUT2D eigenvalue weighted by Crippen LogP contribution is -2.30. The van der Waals surface area contributed by atoms with Gasteiger partial charge >= 0.3 is 12.4 Å². The Morgan fingerprint density at radius 3 is 1.25 bits per heavy atom. The zero-order valence-corrected chi connectivity index (χ0v) is 69.9. The molecule has 6 N–H and O–H groups in total. The second kappa shape index (κ2) is 54.8. The molecule has 0 bridgehead atoms. The van der Waals surface area contributed by atoms with Gasteiger partial charge in [-0.15, -0.1) is 0 Å². The van der Waals surface area contributed by atoms with Gasteiger partial charge in [-0.25, -0.2) is 10.9 Å². The van der Waals surface area contributed by atoms with E-state index in [2.05, 4.69) is 93.4 Å². The largest absolute Gasteiger partial charge is 0.417 e. The van der Waals surface area contributed by atoms with Crippen molar-refractivity contribution in [3.8, 4) is 0 Å². The Bertz CT molecular complexity index is 4500. The second-order valence-corrected chi connectivity index (χ2v) is 28.1. The van der Waals surface area contributed by atoms with Gasteiger partial charge in [0.15, 0.2) is 0 Å². The Labute approximate surface area is 711 Å². The molecule has 26 nitrogen and oxygen atoms in total. The molecule has 634 valence electrons. The van der Waals surface area contributed by atoms with Crippen molar-refractivity contribution in [2.24, 2.45) is 26.2 Å². The second-order valence-electron chi connectivity index (χ2n) is 25.8. The van der Waals surface area contributed by atoms with Crippen molar-refractivity contribution in [1.82, 2.24) is 10.9 Å². The van der Waals surface area contributed by atoms with Crippen LogP contribution in [0, 0.1) is 0 Å². The molecule has 0 aromatic heterocycles. The summed E-state index contributed by atoms with van der Waals surface area (Å²) in [5.41, 5.74) is 31.2. The lowest BCUT2D eigenvalue weighted by molar-refractivity contribution is -0.138. The van der Waals surface area contributed by atoms with E-state index >= 15 is 0 Å². The van der Waals surface area contributed by atoms with Gasteiger partial charge in [0, 0.05) is 101 Å². The smallest absolute Gasteiger partial charge is 0.379 e. The standard InChI is InChI=1S/C37H43ClF3N7O5.C28H25BrClF3N4O2.C8H6BrClO.C8H18N4O3/c38-33-12-10-28(24-32(33)37(39,40)41)26-44-46-36(50)31-25-30(48-15-3-1-4-16-48)11-13-34(31)45-35(49)29-9-6-8-27(23-29)7-2-5-17-51-19-21-53-22-20-52-18-14-43-47-42;29-16-18-5-4-6-20(13-18)26(38)35-25-10-8-21(37-11-2-1-3-12-37)15-22(25)27(39)36-34-17-19-7-9-24(30)23(14-19)28(31,32)33;9-5-6-2-1-3-7(4-6)8(10)11;9-1-3-13-5-7-15-8-6-14-4-2-11-12-10/h6,8-13,23-26H,1-5,7,14-22H2,(H,45,49)(H,46,50);4-10,13-15,17H,1-3,11-12,16H2,(H,35,38)(H,36,39);1-4H,5H2;1-9H2/b44-26+;34-17+;;. The first-order valence-corrected chi connectivity index (χ1v) is 40.9. The lowest BCUT2D eigenvalue weighted by atomic mass is 10.0. The number of benzene rings is 7. The first-order chi connectivity index (χ1) is 57.0. The zero-order chi connectivity index (χ0) is 85.3. The quantitative estimate of drug-likeness (QED) is 0.00274. The molecule has 7 aromatic rings. The summed E-state index contributed by atoms with van der Waals surface area (Å²) in [7, 11) is 0. The molecular formula is C81H92Br2Cl3F6N15O11. The Kier molecular flexibility index (Phi) is 45.3. The van der Waals surface area contributed by atoms with Crippen LogP contribution in [-0.2, 0) is 57.9 Å². The highest BCUT2D eigenvalue weighted by molar-refractivity contribution is 9.08. The number of halogens is 11. The number of alkyl halides is 8. The minimum Gasteiger partial charge on any atom is -0.379 e. The van der Waals surface area contributed by atoms with Crippen LogP contribution in [0.3, 0.4) is 0 Å². The number of unbranched alkanes of at least 4 members (excludes halogenated alkanes) is 1. The normalized spacial score (nSPS) is 12.7. The molecule has 7 aromatic carbocycles. The molecule has 118 heavy (non-hydrogen) atoms. The number of carbonyl (C=O) groups excluding carboxylic acids is 5. The maximum atomic E-state index is 13.4. The van der Waals surface area contributed by atoms with Gasteiger partial charge in [0.2, 0.25) is 0 Å². The minimum atomic E-state index is -4.65. The van der Waals surface area contributed by atoms with Crippen molar-refractivity contribution in [2.75, 3.05) is 146 Å². The third-order valence-electron chi connectivity index (χ3n) is 17.2. The third kappa shape index (κ3) is 36.6. The summed E-state index contributed by atoms with van der Waals surface area (Å²) >= 11 is 23.3. The van der Waals surface area contributed by atoms with E-state index in [-0.39, 0.29) is 39.5 Å². The maximum absolute atomic E-state index is 13.4. The highest BCUT2D eigenvalue weighted by Crippen LogP contribution is 2.37. The van der Waals surface area contributed by atoms with Crippen LogP contribution in [0.1, 0.15) is 142 Å². The first kappa shape index (κ1) is 97.6. The van der Waals surface area contributed by atoms with Crippen LogP contribution < -0.4 is 37.0 Å². The Morgan fingerprint density at radius 2 is 0.847 bits per heavy atom. The summed E-state index contributed by atoms with van der Waals surface area (Å²) in [5, 5.41) is 20.1. The summed E-state index contributed by atoms with van der Waals surface area (Å²) in [6.07, 6.45) is 1.71. The molecular weight excluding hydrogens is 1740 g/mol. The van der Waals surface area contributed by atoms with Gasteiger partial charge in [0.1, 0.15) is 0 Å². The number of rotatable bonds is 40. The number of aryl methyl sites for hydroxylation is 1. The molecule has 0 radical (unpaired) electrons. The van der Waals surface area contributed by atoms with Gasteiger partial charge in [-0.05, 0) is 199 Å². The molecule has 0 aliphatic carbocycles. The van der Waals surface area contributed by atoms with Gasteiger partial charge in [-0.1, -0.05) is 120 Å². The number of amides is 4. The molecule has 2 heterocycles. The molecule has 0 atom stereocenters. The van der Waals surface area contributed by atoms with Crippen LogP contribution in [0.15, 0.2) is 166 Å². The van der Waals surface area contributed by atoms with Crippen molar-refractivity contribution in [1.29, 1.82) is 0 Å². The van der Waals surface area contributed by atoms with E-state index in [1.54, 1.807) is 66.7 Å². The van der Waals surface area contributed by atoms with Gasteiger partial charge in [0.25, 0.3) is 28.9 Å². The number of carbonyl (C=O) groups is 5. The van der Waals surface area contributed by atoms with Gasteiger partial charge < -0.3 is 54.6 Å². The number of hydrogen-bond acceptors (Lipinski definition) is 18. The van der Waals surface area contributed by atoms with Crippen LogP contribution >= 0.6 is 66.7 Å². The average molecular weight is 1830 g/mol. The van der Waals surface area contributed by atoms with Crippen LogP contribution in [-0.4, -0.2) is 166 Å². The summed E-state index contributed by atoms with van der Waals surface area (Å²) in [6.45, 7) is 10.3. The van der Waals surface area contributed by atoms with Gasteiger partial charge in [0.05, 0.1) is 129 Å². The predicted octanol–water partition coefficient (Wildman–Crippen LogP) is 18.6. The number of nitrogens with zero attached hydrogens (tertiary/aromatic N) is 10. The van der Waals surface area contributed by atoms with Gasteiger partial charge in [-0.2, -0.15) is 36.5 Å². The predicted molar refractivity (Wildman–Crippen MR) is 454 cm³/mol. The number of nitrogens with one attached hydrogen (secondary N) is 4. The number of azide groups is 2. The summed E-state index contributed by atoms with van der Waals surface area (Å²) in [6, 6.07) is 38.6. The monoisotopic (exact) mass is 1830 g/mol. The Hall–Kier alpha value is -9.22. The van der Waals surface area contributed by atoms with E-state index in [1.807, 2.05) is 42.5 Å². The number of hydrogen-bond donors (Lipinski definition) is 5. The van der Waals surface area contributed by atoms with Gasteiger partial charge in [-0.3, -0.25) is 24.0 Å². The van der Waals surface area contributed by atoms with Crippen LogP contribution in [0.25, 0.3) is 20.9 Å². The molecule has 0 unspecified atom stereocenters. The summed E-state index contributed by atoms with van der Waals surface area (Å²) in [5.74, 6) is -2.06. The van der Waals surface area contributed by atoms with Crippen molar-refractivity contribution >= 4 is 131 Å². The number of nitrogens with two attached hydrogens (primary N) is 1. The lowest BCUT2D eigenvalue weighted by Gasteiger charge is -2.29. The summed E-state index contributed by atoms with van der Waals surface area (Å²) < 4.78 is 111. The molecule has 4 amide bonds. The van der Waals surface area contributed by atoms with Crippen molar-refractivity contribution < 1.29 is 78.7 Å². The first-order valence-electron chi connectivity index (χ1n) is 37.5. The number of piperidine rings is 2. The zero-order valence-electron chi connectivity index (χ0n) is 64.4. The van der Waals surface area contributed by atoms with Crippen molar-refractivity contribution in [3.05, 3.63) is 243 Å². The van der Waals surface area contributed by atoms with Crippen LogP contribution in [0.2, 0.25) is 10.0 Å². The van der Waals surface area contributed by atoms with Crippen LogP contribution in [0.5, 0.6) is 0 Å². The van der Waals surface area contributed by atoms with E-state index in [0.717, 1.165) is 154 Å². The van der Waals surface area contributed by atoms with E-state index in [0.29, 0.717) is 121 Å². The van der Waals surface area contributed by atoms with Crippen molar-refractivity contribution in [2.45, 2.75) is 80.8 Å². The van der Waals surface area contributed by atoms with E-state index in [4.69, 9.17) is 80.0 Å². The number of anilines is 4. The fourth-order valence-corrected chi connectivity index (χ4v) is 12.6. The maximum Gasteiger partial charge on any atom is 0.417 e. The molecule has 37 heteroatoms. The fourth-order valence-electron chi connectivity index (χ4n) is 11.3. The Balaban J connectivity index is 0.000000287. The third-order valence-corrected chi connectivity index (χ3v) is 19.4. The topological polar surface area (TPSA) is 344 Å². The minimum absolute atomic E-state index is 0.0921. The van der Waals surface area contributed by atoms with Crippen molar-refractivity contribution in [3.63, 3.8) is 0 Å². The van der Waals surface area contributed by atoms with E-state index < -0.39 is 56.5 Å². The number of ether oxygens (including phenoxy) is 6. The highest BCUT2D eigenvalue weighted by Gasteiger charge is 2.34. The molecule has 2 aliphatic heterocycles. The Morgan fingerprint density at radius 1 is 0.466 bits per heavy atom. The fraction of sp³-hybridized carbons (Fsp3) is 0.395. The molecule has 0 saturated carbocycles. The molecule has 2 aliphatic rings. The average Bonchev–Trinajstić information content (AvgIpc) is 0.817. The highest BCUT2D eigenvalue weighted by atomic mass is 79.9. The number of hydrazone groups is 2. The SMILES string of the molecule is O=C(Cl)c1cccc(CBr)c1.O=C(Nc1ccc(N2CCCCC2)cc1C(=O)N/N=C/c1ccc(Cl)c(C(F)(F)F)c1)c1cccc(CBr)c1.[N-]=[N+]=NCCOCCOCCOCCCCc1cccc(C(=O)Nc2ccc(N3CCCCC3)cc2C(=O)N/N=C/c2ccc(Cl)c(C(F)(F)F)c2)c1.[N-]=[N+]=NCCOCCOCCOCCN. The summed E-state index contributed by atoms with van der Waals surface area (Å²) in [4.78, 5) is 73.3. The van der Waals surface area contributed by atoms with Crippen LogP contribution in [0.4, 0.5) is 49.1 Å².